The van der Waals surface area contributed by atoms with E-state index in [0.717, 1.165) is 23.0 Å². The van der Waals surface area contributed by atoms with E-state index >= 15 is 0 Å². The van der Waals surface area contributed by atoms with Crippen molar-refractivity contribution >= 4 is 16.8 Å². The molecular weight excluding hydrogens is 310 g/mol. The molecular formula is C21H25N3O. The third-order valence-corrected chi connectivity index (χ3v) is 4.80. The Labute approximate surface area is 148 Å². The first kappa shape index (κ1) is 17.3. The number of Topliss-reactive ketones (excluding diaryl/α,β-unsaturated/α-hetero) is 1. The Morgan fingerprint density at radius 3 is 2.40 bits per heavy atom. The third-order valence-electron chi connectivity index (χ3n) is 4.80. The molecule has 2 aromatic carbocycles. The van der Waals surface area contributed by atoms with Gasteiger partial charge < -0.3 is 0 Å². The van der Waals surface area contributed by atoms with Gasteiger partial charge in [-0.15, -0.1) is 0 Å². The number of aromatic nitrogens is 3. The van der Waals surface area contributed by atoms with Gasteiger partial charge in [-0.25, -0.2) is 0 Å². The lowest BCUT2D eigenvalue weighted by Crippen LogP contribution is -2.11. The molecule has 0 fully saturated rings. The van der Waals surface area contributed by atoms with Crippen LogP contribution in [-0.2, 0) is 16.6 Å². The van der Waals surface area contributed by atoms with Crippen molar-refractivity contribution in [3.05, 3.63) is 59.2 Å². The van der Waals surface area contributed by atoms with Crippen LogP contribution < -0.4 is 0 Å². The van der Waals surface area contributed by atoms with Crippen molar-refractivity contribution < 1.29 is 4.79 Å². The van der Waals surface area contributed by atoms with E-state index in [-0.39, 0.29) is 17.1 Å². The van der Waals surface area contributed by atoms with Gasteiger partial charge in [-0.2, -0.15) is 15.4 Å². The van der Waals surface area contributed by atoms with Gasteiger partial charge in [0.2, 0.25) is 0 Å². The molecule has 0 aliphatic carbocycles. The smallest absolute Gasteiger partial charge is 0.140 e. The molecule has 3 aromatic rings. The molecule has 0 amide bonds. The van der Waals surface area contributed by atoms with E-state index < -0.39 is 0 Å². The second-order valence-electron chi connectivity index (χ2n) is 7.71. The zero-order valence-corrected chi connectivity index (χ0v) is 15.3. The zero-order chi connectivity index (χ0) is 18.0. The summed E-state index contributed by atoms with van der Waals surface area (Å²) in [6, 6.07) is 14.4. The third kappa shape index (κ3) is 3.95. The highest BCUT2D eigenvalue weighted by atomic mass is 16.1. The Morgan fingerprint density at radius 2 is 1.72 bits per heavy atom. The van der Waals surface area contributed by atoms with E-state index in [4.69, 9.17) is 0 Å². The fourth-order valence-electron chi connectivity index (χ4n) is 2.97. The van der Waals surface area contributed by atoms with Gasteiger partial charge >= 0.3 is 0 Å². The minimum absolute atomic E-state index is 0.130. The number of carbonyl (C=O) groups excluding carboxylic acids is 1. The summed E-state index contributed by atoms with van der Waals surface area (Å²) in [4.78, 5) is 12.6. The number of aromatic amines is 1. The molecule has 1 heterocycles. The SMILES string of the molecule is CC(C(=O)CCc1ccc(C(C)(C)C)cc1)c1ccc2n[nH]nc2c1. The number of hydrogen-bond acceptors (Lipinski definition) is 3. The van der Waals surface area contributed by atoms with Crippen molar-refractivity contribution in [2.75, 3.05) is 0 Å². The van der Waals surface area contributed by atoms with Gasteiger partial charge in [-0.3, -0.25) is 4.79 Å². The average molecular weight is 335 g/mol. The molecule has 0 bridgehead atoms. The Morgan fingerprint density at radius 1 is 1.04 bits per heavy atom. The average Bonchev–Trinajstić information content (AvgIpc) is 3.06. The summed E-state index contributed by atoms with van der Waals surface area (Å²) in [6.07, 6.45) is 1.33. The molecule has 1 aromatic heterocycles. The summed E-state index contributed by atoms with van der Waals surface area (Å²) in [6.45, 7) is 8.59. The van der Waals surface area contributed by atoms with Gasteiger partial charge in [0.15, 0.2) is 0 Å². The first-order valence-electron chi connectivity index (χ1n) is 8.77. The Kier molecular flexibility index (Phi) is 4.71. The Balaban J connectivity index is 1.63. The molecule has 4 heteroatoms. The van der Waals surface area contributed by atoms with Gasteiger partial charge in [0, 0.05) is 12.3 Å². The number of fused-ring (bicyclic) bond motifs is 1. The van der Waals surface area contributed by atoms with Crippen molar-refractivity contribution in [3.8, 4) is 0 Å². The van der Waals surface area contributed by atoms with Crippen LogP contribution in [0.3, 0.4) is 0 Å². The van der Waals surface area contributed by atoms with Crippen LogP contribution in [0.1, 0.15) is 56.7 Å². The molecule has 0 aliphatic rings. The molecule has 0 saturated heterocycles. The van der Waals surface area contributed by atoms with Crippen LogP contribution >= 0.6 is 0 Å². The number of hydrogen-bond donors (Lipinski definition) is 1. The first-order chi connectivity index (χ1) is 11.8. The molecule has 25 heavy (non-hydrogen) atoms. The molecule has 1 atom stereocenters. The molecule has 0 saturated carbocycles. The topological polar surface area (TPSA) is 58.6 Å². The maximum absolute atomic E-state index is 12.6. The van der Waals surface area contributed by atoms with Crippen LogP contribution in [0.5, 0.6) is 0 Å². The lowest BCUT2D eigenvalue weighted by atomic mass is 9.86. The maximum Gasteiger partial charge on any atom is 0.140 e. The molecule has 0 radical (unpaired) electrons. The van der Waals surface area contributed by atoms with Gasteiger partial charge in [0.05, 0.1) is 0 Å². The normalized spacial score (nSPS) is 13.1. The van der Waals surface area contributed by atoms with Crippen molar-refractivity contribution in [3.63, 3.8) is 0 Å². The van der Waals surface area contributed by atoms with E-state index in [1.165, 1.54) is 11.1 Å². The fraction of sp³-hybridized carbons (Fsp3) is 0.381. The van der Waals surface area contributed by atoms with Crippen molar-refractivity contribution in [2.24, 2.45) is 0 Å². The molecule has 0 spiro atoms. The lowest BCUT2D eigenvalue weighted by molar-refractivity contribution is -0.120. The number of nitrogens with zero attached hydrogens (tertiary/aromatic N) is 2. The van der Waals surface area contributed by atoms with Gasteiger partial charge in [-0.05, 0) is 40.7 Å². The number of H-pyrrole nitrogens is 1. The summed E-state index contributed by atoms with van der Waals surface area (Å²) >= 11 is 0. The lowest BCUT2D eigenvalue weighted by Gasteiger charge is -2.19. The number of carbonyl (C=O) groups is 1. The predicted molar refractivity (Wildman–Crippen MR) is 101 cm³/mol. The molecule has 1 unspecified atom stereocenters. The Hall–Kier alpha value is -2.49. The van der Waals surface area contributed by atoms with E-state index in [9.17, 15) is 4.79 Å². The van der Waals surface area contributed by atoms with Gasteiger partial charge in [0.25, 0.3) is 0 Å². The monoisotopic (exact) mass is 335 g/mol. The summed E-state index contributed by atoms with van der Waals surface area (Å²) in [5.41, 5.74) is 5.30. The van der Waals surface area contributed by atoms with E-state index in [1.807, 2.05) is 25.1 Å². The molecule has 130 valence electrons. The largest absolute Gasteiger partial charge is 0.299 e. The minimum Gasteiger partial charge on any atom is -0.299 e. The Bertz CT molecular complexity index is 872. The summed E-state index contributed by atoms with van der Waals surface area (Å²) < 4.78 is 0. The number of benzene rings is 2. The molecule has 3 rings (SSSR count). The van der Waals surface area contributed by atoms with Crippen molar-refractivity contribution in [1.29, 1.82) is 0 Å². The first-order valence-corrected chi connectivity index (χ1v) is 8.77. The highest BCUT2D eigenvalue weighted by molar-refractivity contribution is 5.87. The van der Waals surface area contributed by atoms with Crippen LogP contribution in [0.15, 0.2) is 42.5 Å². The second kappa shape index (κ2) is 6.79. The van der Waals surface area contributed by atoms with E-state index in [1.54, 1.807) is 0 Å². The molecule has 0 aliphatic heterocycles. The van der Waals surface area contributed by atoms with Gasteiger partial charge in [0.1, 0.15) is 16.8 Å². The van der Waals surface area contributed by atoms with E-state index in [2.05, 4.69) is 60.4 Å². The second-order valence-corrected chi connectivity index (χ2v) is 7.71. The van der Waals surface area contributed by atoms with Crippen molar-refractivity contribution in [2.45, 2.75) is 51.9 Å². The number of aryl methyl sites for hydroxylation is 1. The molecule has 1 N–H and O–H groups in total. The van der Waals surface area contributed by atoms with Crippen LogP contribution in [0.2, 0.25) is 0 Å². The highest BCUT2D eigenvalue weighted by Gasteiger charge is 2.17. The molecule has 4 nitrogen and oxygen atoms in total. The summed E-state index contributed by atoms with van der Waals surface area (Å²) in [5.74, 6) is 0.123. The van der Waals surface area contributed by atoms with Crippen LogP contribution in [-0.4, -0.2) is 21.2 Å². The summed E-state index contributed by atoms with van der Waals surface area (Å²) in [7, 11) is 0. The van der Waals surface area contributed by atoms with E-state index in [0.29, 0.717) is 6.42 Å². The van der Waals surface area contributed by atoms with Gasteiger partial charge in [-0.1, -0.05) is 58.0 Å². The van der Waals surface area contributed by atoms with Crippen LogP contribution in [0, 0.1) is 0 Å². The zero-order valence-electron chi connectivity index (χ0n) is 15.3. The maximum atomic E-state index is 12.6. The predicted octanol–water partition coefficient (Wildman–Crippen LogP) is 4.56. The quantitative estimate of drug-likeness (QED) is 0.743. The van der Waals surface area contributed by atoms with Crippen molar-refractivity contribution in [1.82, 2.24) is 15.4 Å². The standard InChI is InChI=1S/C21H25N3O/c1-14(16-8-11-18-19(13-16)23-24-22-18)20(25)12-7-15-5-9-17(10-6-15)21(2,3)4/h5-6,8-11,13-14H,7,12H2,1-4H3,(H,22,23,24). The minimum atomic E-state index is -0.130. The highest BCUT2D eigenvalue weighted by Crippen LogP contribution is 2.24. The fourth-order valence-corrected chi connectivity index (χ4v) is 2.97. The summed E-state index contributed by atoms with van der Waals surface area (Å²) in [5, 5.41) is 10.7. The number of ketones is 1. The van der Waals surface area contributed by atoms with Crippen LogP contribution in [0.4, 0.5) is 0 Å². The number of rotatable bonds is 5. The van der Waals surface area contributed by atoms with Crippen LogP contribution in [0.25, 0.3) is 11.0 Å². The number of nitrogens with one attached hydrogen (secondary N) is 1.